The van der Waals surface area contributed by atoms with E-state index in [9.17, 15) is 40.5 Å². The quantitative estimate of drug-likeness (QED) is 0.0215. The molecule has 14 nitrogen and oxygen atoms in total. The first kappa shape index (κ1) is 55.6. The summed E-state index contributed by atoms with van der Waals surface area (Å²) in [5.41, 5.74) is 0. The van der Waals surface area contributed by atoms with E-state index in [0.717, 1.165) is 44.9 Å². The van der Waals surface area contributed by atoms with Gasteiger partial charge in [0.25, 0.3) is 0 Å². The third kappa shape index (κ3) is 24.4. The second-order valence-electron chi connectivity index (χ2n) is 16.9. The normalized spacial score (nSPS) is 27.6. The number of rotatable bonds is 37. The Morgan fingerprint density at radius 2 is 1.02 bits per heavy atom. The first-order valence-corrected chi connectivity index (χ1v) is 23.9. The molecule has 2 heterocycles. The number of carbonyl (C=O) groups excluding carboxylic acids is 1. The van der Waals surface area contributed by atoms with Gasteiger partial charge in [-0.2, -0.15) is 0 Å². The van der Waals surface area contributed by atoms with Crippen molar-refractivity contribution in [3.63, 3.8) is 0 Å². The van der Waals surface area contributed by atoms with Crippen LogP contribution in [0, 0.1) is 0 Å². The Morgan fingerprint density at radius 1 is 0.541 bits per heavy atom. The highest BCUT2D eigenvalue weighted by molar-refractivity contribution is 5.69. The minimum Gasteiger partial charge on any atom is -0.457 e. The number of hydrogen-bond acceptors (Lipinski definition) is 14. The van der Waals surface area contributed by atoms with Crippen molar-refractivity contribution in [3.8, 4) is 0 Å². The van der Waals surface area contributed by atoms with Gasteiger partial charge in [0.1, 0.15) is 54.9 Å². The predicted octanol–water partition coefficient (Wildman–Crippen LogP) is 6.07. The molecule has 61 heavy (non-hydrogen) atoms. The van der Waals surface area contributed by atoms with Gasteiger partial charge in [-0.15, -0.1) is 0 Å². The summed E-state index contributed by atoms with van der Waals surface area (Å²) in [4.78, 5) is 12.8. The third-order valence-electron chi connectivity index (χ3n) is 11.5. The molecule has 2 fully saturated rings. The molecule has 2 rings (SSSR count). The van der Waals surface area contributed by atoms with E-state index >= 15 is 0 Å². The molecule has 0 aromatic rings. The van der Waals surface area contributed by atoms with Gasteiger partial charge in [0.2, 0.25) is 0 Å². The zero-order valence-electron chi connectivity index (χ0n) is 37.7. The smallest absolute Gasteiger partial charge is 0.306 e. The molecule has 0 saturated carbocycles. The zero-order chi connectivity index (χ0) is 44.5. The zero-order valence-corrected chi connectivity index (χ0v) is 37.7. The lowest BCUT2D eigenvalue weighted by Gasteiger charge is -2.42. The highest BCUT2D eigenvalue weighted by Crippen LogP contribution is 2.26. The first-order chi connectivity index (χ1) is 29.6. The van der Waals surface area contributed by atoms with Crippen molar-refractivity contribution in [1.82, 2.24) is 0 Å². The van der Waals surface area contributed by atoms with Crippen LogP contribution in [0.1, 0.15) is 168 Å². The third-order valence-corrected chi connectivity index (χ3v) is 11.5. The van der Waals surface area contributed by atoms with E-state index in [2.05, 4.69) is 38.2 Å². The topological polar surface area (TPSA) is 214 Å². The molecule has 0 radical (unpaired) electrons. The number of unbranched alkanes of at least 4 members (excludes halogenated alkanes) is 19. The van der Waals surface area contributed by atoms with Gasteiger partial charge in [-0.25, -0.2) is 0 Å². The lowest BCUT2D eigenvalue weighted by atomic mass is 9.98. The average molecular weight is 875 g/mol. The molecule has 0 spiro atoms. The van der Waals surface area contributed by atoms with Crippen LogP contribution in [0.5, 0.6) is 0 Å². The second-order valence-corrected chi connectivity index (χ2v) is 16.9. The summed E-state index contributed by atoms with van der Waals surface area (Å²) >= 11 is 0. The predicted molar refractivity (Wildman–Crippen MR) is 233 cm³/mol. The number of carbonyl (C=O) groups is 1. The van der Waals surface area contributed by atoms with Crippen molar-refractivity contribution in [2.45, 2.75) is 235 Å². The van der Waals surface area contributed by atoms with E-state index in [4.69, 9.17) is 28.4 Å². The lowest BCUT2D eigenvalue weighted by Crippen LogP contribution is -2.61. The largest absolute Gasteiger partial charge is 0.457 e. The molecule has 0 bridgehead atoms. The highest BCUT2D eigenvalue weighted by atomic mass is 16.7. The van der Waals surface area contributed by atoms with Gasteiger partial charge >= 0.3 is 5.97 Å². The fraction of sp³-hybridized carbons (Fsp3) is 0.894. The monoisotopic (exact) mass is 875 g/mol. The van der Waals surface area contributed by atoms with Gasteiger partial charge < -0.3 is 64.2 Å². The van der Waals surface area contributed by atoms with E-state index < -0.39 is 80.7 Å². The summed E-state index contributed by atoms with van der Waals surface area (Å²) in [5, 5.41) is 71.8. The Bertz CT molecular complexity index is 1110. The Hall–Kier alpha value is -1.53. The van der Waals surface area contributed by atoms with Crippen LogP contribution in [0.25, 0.3) is 0 Å². The van der Waals surface area contributed by atoms with Gasteiger partial charge in [-0.1, -0.05) is 141 Å². The minimum atomic E-state index is -1.70. The fourth-order valence-corrected chi connectivity index (χ4v) is 7.49. The van der Waals surface area contributed by atoms with Crippen molar-refractivity contribution in [3.05, 3.63) is 24.3 Å². The maximum atomic E-state index is 12.8. The summed E-state index contributed by atoms with van der Waals surface area (Å²) in [7, 11) is 0. The van der Waals surface area contributed by atoms with E-state index in [1.54, 1.807) is 0 Å². The molecule has 11 atom stereocenters. The van der Waals surface area contributed by atoms with Crippen molar-refractivity contribution < 1.29 is 69.0 Å². The van der Waals surface area contributed by atoms with Crippen molar-refractivity contribution in [1.29, 1.82) is 0 Å². The molecule has 0 aliphatic carbocycles. The number of hydrogen-bond donors (Lipinski definition) is 7. The molecule has 0 amide bonds. The molecular weight excluding hydrogens is 789 g/mol. The first-order valence-electron chi connectivity index (χ1n) is 23.9. The Balaban J connectivity index is 1.72. The molecule has 2 aliphatic rings. The lowest BCUT2D eigenvalue weighted by molar-refractivity contribution is -0.332. The molecule has 0 aromatic heterocycles. The summed E-state index contributed by atoms with van der Waals surface area (Å²) < 4.78 is 34.1. The van der Waals surface area contributed by atoms with E-state index in [0.29, 0.717) is 13.0 Å². The molecular formula is C47H86O14. The maximum absolute atomic E-state index is 12.8. The van der Waals surface area contributed by atoms with Gasteiger partial charge in [-0.05, 0) is 44.9 Å². The molecule has 2 saturated heterocycles. The van der Waals surface area contributed by atoms with Crippen LogP contribution in [-0.2, 0) is 33.2 Å². The summed E-state index contributed by atoms with van der Waals surface area (Å²) in [6, 6.07) is 0. The van der Waals surface area contributed by atoms with Crippen LogP contribution >= 0.6 is 0 Å². The molecule has 7 N–H and O–H groups in total. The van der Waals surface area contributed by atoms with Crippen LogP contribution < -0.4 is 0 Å². The summed E-state index contributed by atoms with van der Waals surface area (Å²) in [6.07, 6.45) is 19.9. The number of aliphatic hydroxyl groups is 7. The Morgan fingerprint density at radius 3 is 1.61 bits per heavy atom. The maximum Gasteiger partial charge on any atom is 0.306 e. The van der Waals surface area contributed by atoms with Crippen LogP contribution in [0.3, 0.4) is 0 Å². The minimum absolute atomic E-state index is 0.0619. The molecule has 358 valence electrons. The van der Waals surface area contributed by atoms with E-state index in [1.807, 2.05) is 0 Å². The summed E-state index contributed by atoms with van der Waals surface area (Å²) in [5.74, 6) is -0.384. The molecule has 11 unspecified atom stereocenters. The summed E-state index contributed by atoms with van der Waals surface area (Å²) in [6.45, 7) is 3.60. The van der Waals surface area contributed by atoms with Crippen LogP contribution in [0.4, 0.5) is 0 Å². The van der Waals surface area contributed by atoms with Crippen molar-refractivity contribution in [2.75, 3.05) is 33.0 Å². The van der Waals surface area contributed by atoms with Crippen LogP contribution in [0.2, 0.25) is 0 Å². The highest BCUT2D eigenvalue weighted by Gasteiger charge is 2.47. The van der Waals surface area contributed by atoms with Crippen molar-refractivity contribution in [2.24, 2.45) is 0 Å². The van der Waals surface area contributed by atoms with Crippen LogP contribution in [-0.4, -0.2) is 142 Å². The SMILES string of the molecule is CCCCC/C=C\C/C=C\CCCCCCCCCCCCOCC(COC1OC(COC2OC(CO)C(O)C(O)C2O)C(O)C(O)C1O)OC(=O)CCCCCCCCC. The van der Waals surface area contributed by atoms with E-state index in [1.165, 1.54) is 96.3 Å². The van der Waals surface area contributed by atoms with Gasteiger partial charge in [0, 0.05) is 13.0 Å². The average Bonchev–Trinajstić information content (AvgIpc) is 3.25. The van der Waals surface area contributed by atoms with Gasteiger partial charge in [0.05, 0.1) is 26.4 Å². The second kappa shape index (κ2) is 35.8. The van der Waals surface area contributed by atoms with Crippen molar-refractivity contribution >= 4 is 5.97 Å². The number of esters is 1. The Kier molecular flexibility index (Phi) is 32.6. The van der Waals surface area contributed by atoms with Gasteiger partial charge in [-0.3, -0.25) is 4.79 Å². The van der Waals surface area contributed by atoms with E-state index in [-0.39, 0.29) is 25.6 Å². The number of ether oxygens (including phenoxy) is 6. The fourth-order valence-electron chi connectivity index (χ4n) is 7.49. The van der Waals surface area contributed by atoms with Crippen LogP contribution in [0.15, 0.2) is 24.3 Å². The Labute approximate surface area is 367 Å². The molecule has 2 aliphatic heterocycles. The standard InChI is InChI=1S/C47H86O14/c1-3-5-7-9-11-12-13-14-15-16-17-18-19-20-21-22-23-25-27-29-31-56-33-36(59-39(49)30-28-26-24-10-8-6-4-2)34-57-46-45(55)43(53)41(51)38(61-46)35-58-47-44(54)42(52)40(50)37(32-48)60-47/h11-12,14-15,36-38,40-48,50-55H,3-10,13,16-35H2,1-2H3/b12-11-,15-14-. The number of allylic oxidation sites excluding steroid dienone is 4. The van der Waals surface area contributed by atoms with Gasteiger partial charge in [0.15, 0.2) is 12.6 Å². The molecule has 14 heteroatoms. The number of aliphatic hydroxyl groups excluding tert-OH is 7. The molecule has 0 aromatic carbocycles.